The normalized spacial score (nSPS) is 11.8. The van der Waals surface area contributed by atoms with Crippen LogP contribution >= 0.6 is 0 Å². The van der Waals surface area contributed by atoms with E-state index < -0.39 is 17.9 Å². The number of hydrogen-bond acceptors (Lipinski definition) is 3. The Bertz CT molecular complexity index is 588. The van der Waals surface area contributed by atoms with Crippen LogP contribution < -0.4 is 0 Å². The van der Waals surface area contributed by atoms with Gasteiger partial charge in [0.1, 0.15) is 0 Å². The van der Waals surface area contributed by atoms with E-state index in [1.165, 1.54) is 96.3 Å². The molecular weight excluding hydrogens is 482 g/mol. The van der Waals surface area contributed by atoms with Crippen molar-refractivity contribution in [1.82, 2.24) is 0 Å². The second-order valence-electron chi connectivity index (χ2n) is 11.0. The number of quaternary nitrogens is 1. The van der Waals surface area contributed by atoms with Crippen molar-refractivity contribution in [3.63, 3.8) is 0 Å². The average Bonchev–Trinajstić information content (AvgIpc) is 2.88. The van der Waals surface area contributed by atoms with Gasteiger partial charge in [-0.2, -0.15) is 0 Å². The molecule has 0 aromatic rings. The Morgan fingerprint density at radius 2 is 0.763 bits per heavy atom. The van der Waals surface area contributed by atoms with Gasteiger partial charge in [-0.25, -0.2) is 0 Å². The molecule has 0 fully saturated rings. The van der Waals surface area contributed by atoms with E-state index in [0.29, 0.717) is 6.54 Å². The van der Waals surface area contributed by atoms with Gasteiger partial charge in [0.15, 0.2) is 0 Å². The Kier molecular flexibility index (Phi) is 24.1. The number of allylic oxidation sites excluding steroid dienone is 2. The minimum Gasteiger partial charge on any atom is -0.481 e. The Morgan fingerprint density at radius 1 is 0.474 bits per heavy atom. The highest BCUT2D eigenvalue weighted by Gasteiger charge is 2.29. The molecule has 38 heavy (non-hydrogen) atoms. The minimum absolute atomic E-state index is 0.0728. The third-order valence-electron chi connectivity index (χ3n) is 7.64. The van der Waals surface area contributed by atoms with E-state index in [9.17, 15) is 14.4 Å². The molecule has 0 spiro atoms. The van der Waals surface area contributed by atoms with Crippen molar-refractivity contribution in [2.75, 3.05) is 26.2 Å². The summed E-state index contributed by atoms with van der Waals surface area (Å²) in [5.41, 5.74) is 0. The predicted octanol–water partition coefficient (Wildman–Crippen LogP) is 7.83. The Morgan fingerprint density at radius 3 is 1.05 bits per heavy atom. The second kappa shape index (κ2) is 25.4. The number of carboxylic acids is 3. The molecule has 0 aromatic carbocycles. The van der Waals surface area contributed by atoms with Crippen molar-refractivity contribution in [3.8, 4) is 0 Å². The van der Waals surface area contributed by atoms with Gasteiger partial charge >= 0.3 is 17.9 Å². The standard InChI is InChI=1S/C31H57NO6/c1-2-3-4-5-6-7-8-9-10-11-12-13-14-15-16-17-18-19-20-21-25-32(26-22-29(33)34,27-23-30(35)36)28-24-31(37)38/h2-3H,4-28H2,1H3,(H2-,33,34,35,36,37,38)/p+1/b3-2+. The van der Waals surface area contributed by atoms with E-state index in [0.717, 1.165) is 19.3 Å². The minimum atomic E-state index is -0.931. The van der Waals surface area contributed by atoms with Crippen LogP contribution in [0.3, 0.4) is 0 Å². The van der Waals surface area contributed by atoms with E-state index in [2.05, 4.69) is 19.1 Å². The van der Waals surface area contributed by atoms with Crippen molar-refractivity contribution in [3.05, 3.63) is 12.2 Å². The lowest BCUT2D eigenvalue weighted by Crippen LogP contribution is -2.52. The molecule has 0 aliphatic carbocycles. The monoisotopic (exact) mass is 540 g/mol. The molecule has 0 atom stereocenters. The lowest BCUT2D eigenvalue weighted by atomic mass is 10.0. The van der Waals surface area contributed by atoms with Crippen molar-refractivity contribution in [1.29, 1.82) is 0 Å². The molecule has 0 amide bonds. The first kappa shape index (κ1) is 36.1. The summed E-state index contributed by atoms with van der Waals surface area (Å²) in [4.78, 5) is 33.4. The number of nitrogens with zero attached hydrogens (tertiary/aromatic N) is 1. The van der Waals surface area contributed by atoms with Crippen molar-refractivity contribution in [2.24, 2.45) is 0 Å². The molecule has 0 saturated carbocycles. The third-order valence-corrected chi connectivity index (χ3v) is 7.64. The topological polar surface area (TPSA) is 112 Å². The molecule has 7 nitrogen and oxygen atoms in total. The van der Waals surface area contributed by atoms with E-state index in [1.807, 2.05) is 0 Å². The van der Waals surface area contributed by atoms with Gasteiger partial charge in [-0.05, 0) is 32.6 Å². The lowest BCUT2D eigenvalue weighted by molar-refractivity contribution is -0.927. The first-order valence-corrected chi connectivity index (χ1v) is 15.4. The molecule has 3 N–H and O–H groups in total. The zero-order valence-electron chi connectivity index (χ0n) is 24.3. The number of carbonyl (C=O) groups is 3. The highest BCUT2D eigenvalue weighted by Crippen LogP contribution is 2.17. The largest absolute Gasteiger partial charge is 0.481 e. The fraction of sp³-hybridized carbons (Fsp3) is 0.839. The molecule has 0 unspecified atom stereocenters. The highest BCUT2D eigenvalue weighted by atomic mass is 16.4. The van der Waals surface area contributed by atoms with Crippen LogP contribution in [0.2, 0.25) is 0 Å². The highest BCUT2D eigenvalue weighted by molar-refractivity contribution is 5.67. The Labute approximate surface area is 232 Å². The molecule has 0 aromatic heterocycles. The number of carboxylic acid groups (broad SMARTS) is 3. The van der Waals surface area contributed by atoms with Gasteiger partial charge in [0.25, 0.3) is 0 Å². The zero-order valence-corrected chi connectivity index (χ0v) is 24.3. The summed E-state index contributed by atoms with van der Waals surface area (Å²) in [5, 5.41) is 27.4. The lowest BCUT2D eigenvalue weighted by Gasteiger charge is -2.38. The van der Waals surface area contributed by atoms with Gasteiger partial charge in [-0.15, -0.1) is 0 Å². The molecule has 0 heterocycles. The molecule has 0 saturated heterocycles. The zero-order chi connectivity index (χ0) is 28.3. The van der Waals surface area contributed by atoms with Crippen LogP contribution in [0.5, 0.6) is 0 Å². The fourth-order valence-corrected chi connectivity index (χ4v) is 5.20. The van der Waals surface area contributed by atoms with Gasteiger partial charge in [0, 0.05) is 0 Å². The summed E-state index contributed by atoms with van der Waals surface area (Å²) in [6.07, 6.45) is 27.1. The summed E-state index contributed by atoms with van der Waals surface area (Å²) in [6.45, 7) is 3.59. The van der Waals surface area contributed by atoms with Gasteiger partial charge in [-0.1, -0.05) is 102 Å². The summed E-state index contributed by atoms with van der Waals surface area (Å²) in [6, 6.07) is 0. The fourth-order valence-electron chi connectivity index (χ4n) is 5.20. The Hall–Kier alpha value is -1.89. The third kappa shape index (κ3) is 24.4. The van der Waals surface area contributed by atoms with Crippen molar-refractivity contribution < 1.29 is 34.2 Å². The van der Waals surface area contributed by atoms with E-state index >= 15 is 0 Å². The van der Waals surface area contributed by atoms with Crippen LogP contribution in [0.4, 0.5) is 0 Å². The molecule has 0 bridgehead atoms. The second-order valence-corrected chi connectivity index (χ2v) is 11.0. The van der Waals surface area contributed by atoms with Crippen molar-refractivity contribution >= 4 is 17.9 Å². The van der Waals surface area contributed by atoms with Crippen LogP contribution in [0, 0.1) is 0 Å². The molecule has 222 valence electrons. The maximum Gasteiger partial charge on any atom is 0.309 e. The maximum atomic E-state index is 11.1. The number of rotatable bonds is 29. The number of unbranched alkanes of at least 4 members (excludes halogenated alkanes) is 17. The molecular formula is C31H58NO6+. The SMILES string of the molecule is C/C=C/CCCCCCCCCCCCCCCCCCC[N+](CCC(=O)O)(CCC(=O)O)CCC(=O)O. The van der Waals surface area contributed by atoms with Crippen LogP contribution in [-0.4, -0.2) is 63.9 Å². The predicted molar refractivity (Wildman–Crippen MR) is 154 cm³/mol. The van der Waals surface area contributed by atoms with Crippen LogP contribution in [0.1, 0.15) is 142 Å². The van der Waals surface area contributed by atoms with E-state index in [-0.39, 0.29) is 43.4 Å². The summed E-state index contributed by atoms with van der Waals surface area (Å²) in [7, 11) is 0. The van der Waals surface area contributed by atoms with Crippen LogP contribution in [0.25, 0.3) is 0 Å². The van der Waals surface area contributed by atoms with E-state index in [4.69, 9.17) is 15.3 Å². The van der Waals surface area contributed by atoms with Gasteiger partial charge in [0.2, 0.25) is 0 Å². The summed E-state index contributed by atoms with van der Waals surface area (Å²) in [5.74, 6) is -2.79. The molecule has 0 radical (unpaired) electrons. The summed E-state index contributed by atoms with van der Waals surface area (Å²) < 4.78 is 0.266. The van der Waals surface area contributed by atoms with Crippen molar-refractivity contribution in [2.45, 2.75) is 142 Å². The average molecular weight is 541 g/mol. The first-order valence-electron chi connectivity index (χ1n) is 15.4. The maximum absolute atomic E-state index is 11.1. The van der Waals surface area contributed by atoms with Crippen LogP contribution in [0.15, 0.2) is 12.2 Å². The Balaban J connectivity index is 3.86. The quantitative estimate of drug-likeness (QED) is 0.0506. The van der Waals surface area contributed by atoms with E-state index in [1.54, 1.807) is 0 Å². The molecule has 7 heteroatoms. The van der Waals surface area contributed by atoms with Crippen LogP contribution in [-0.2, 0) is 14.4 Å². The number of aliphatic carboxylic acids is 3. The summed E-state index contributed by atoms with van der Waals surface area (Å²) >= 11 is 0. The molecule has 0 aliphatic heterocycles. The first-order chi connectivity index (χ1) is 18.3. The van der Waals surface area contributed by atoms with Gasteiger partial charge in [0.05, 0.1) is 45.4 Å². The molecule has 0 aliphatic rings. The number of hydrogen-bond donors (Lipinski definition) is 3. The van der Waals surface area contributed by atoms with Gasteiger partial charge < -0.3 is 19.8 Å². The smallest absolute Gasteiger partial charge is 0.309 e. The van der Waals surface area contributed by atoms with Gasteiger partial charge in [-0.3, -0.25) is 14.4 Å². The molecule has 0 rings (SSSR count).